The average molecular weight is 421 g/mol. The summed E-state index contributed by atoms with van der Waals surface area (Å²) in [7, 11) is 0. The number of para-hydroxylation sites is 1. The minimum Gasteiger partial charge on any atom is -0.444 e. The van der Waals surface area contributed by atoms with E-state index in [1.54, 1.807) is 17.0 Å². The number of benzene rings is 2. The number of ether oxygens (including phenoxy) is 1. The lowest BCUT2D eigenvalue weighted by molar-refractivity contribution is 0.0978. The van der Waals surface area contributed by atoms with E-state index in [0.717, 1.165) is 5.56 Å². The van der Waals surface area contributed by atoms with Gasteiger partial charge in [-0.2, -0.15) is 0 Å². The van der Waals surface area contributed by atoms with Crippen LogP contribution in [-0.2, 0) is 11.3 Å². The first-order chi connectivity index (χ1) is 11.1. The van der Waals surface area contributed by atoms with Gasteiger partial charge in [0.2, 0.25) is 0 Å². The van der Waals surface area contributed by atoms with Crippen LogP contribution in [0.1, 0.15) is 22.8 Å². The summed E-state index contributed by atoms with van der Waals surface area (Å²) >= 11 is 2.10. The van der Waals surface area contributed by atoms with E-state index in [4.69, 9.17) is 4.74 Å². The van der Waals surface area contributed by atoms with Crippen LogP contribution in [0.2, 0.25) is 0 Å². The van der Waals surface area contributed by atoms with E-state index in [1.807, 2.05) is 49.4 Å². The fourth-order valence-corrected chi connectivity index (χ4v) is 3.32. The molecule has 2 aromatic rings. The Labute approximate surface area is 148 Å². The first kappa shape index (κ1) is 16.0. The Balaban J connectivity index is 1.84. The molecular formula is C18H16INO3. The Morgan fingerprint density at radius 3 is 2.52 bits per heavy atom. The summed E-state index contributed by atoms with van der Waals surface area (Å²) in [5.41, 5.74) is 2.12. The van der Waals surface area contributed by atoms with Gasteiger partial charge in [0, 0.05) is 5.56 Å². The quantitative estimate of drug-likeness (QED) is 0.539. The second-order valence-electron chi connectivity index (χ2n) is 5.43. The van der Waals surface area contributed by atoms with Crippen LogP contribution in [0.5, 0.6) is 0 Å². The second kappa shape index (κ2) is 6.70. The zero-order chi connectivity index (χ0) is 16.4. The molecule has 23 heavy (non-hydrogen) atoms. The Morgan fingerprint density at radius 2 is 1.78 bits per heavy atom. The van der Waals surface area contributed by atoms with Crippen LogP contribution in [0.15, 0.2) is 54.6 Å². The number of alkyl halides is 1. The maximum atomic E-state index is 12.6. The van der Waals surface area contributed by atoms with Crippen molar-refractivity contribution in [3.63, 3.8) is 0 Å². The van der Waals surface area contributed by atoms with Crippen molar-refractivity contribution in [1.82, 2.24) is 0 Å². The summed E-state index contributed by atoms with van der Waals surface area (Å²) in [6.07, 6.45) is -0.428. The SMILES string of the molecule is C[C@@H]1[C@@H](I)C(=O)c2ccccc2N1C(=O)OCc1ccccc1. The molecule has 0 aromatic heterocycles. The summed E-state index contributed by atoms with van der Waals surface area (Å²) in [6, 6.07) is 16.5. The van der Waals surface area contributed by atoms with Gasteiger partial charge in [-0.05, 0) is 24.6 Å². The number of halogens is 1. The third-order valence-corrected chi connectivity index (χ3v) is 5.52. The number of amides is 1. The highest BCUT2D eigenvalue weighted by Crippen LogP contribution is 2.34. The molecule has 1 aliphatic rings. The lowest BCUT2D eigenvalue weighted by Crippen LogP contribution is -2.50. The zero-order valence-electron chi connectivity index (χ0n) is 12.6. The van der Waals surface area contributed by atoms with Gasteiger partial charge in [0.15, 0.2) is 5.78 Å². The van der Waals surface area contributed by atoms with Crippen molar-refractivity contribution in [2.24, 2.45) is 0 Å². The maximum Gasteiger partial charge on any atom is 0.414 e. The van der Waals surface area contributed by atoms with Gasteiger partial charge in [-0.1, -0.05) is 65.1 Å². The average Bonchev–Trinajstić information content (AvgIpc) is 2.59. The number of anilines is 1. The Kier molecular flexibility index (Phi) is 4.66. The van der Waals surface area contributed by atoms with E-state index >= 15 is 0 Å². The molecule has 0 saturated heterocycles. The molecule has 5 heteroatoms. The molecule has 0 unspecified atom stereocenters. The minimum atomic E-state index is -0.428. The highest BCUT2D eigenvalue weighted by atomic mass is 127. The van der Waals surface area contributed by atoms with Crippen LogP contribution in [0.3, 0.4) is 0 Å². The van der Waals surface area contributed by atoms with E-state index in [0.29, 0.717) is 11.3 Å². The number of nitrogens with zero attached hydrogens (tertiary/aromatic N) is 1. The van der Waals surface area contributed by atoms with Crippen LogP contribution in [-0.4, -0.2) is 21.8 Å². The fraction of sp³-hybridized carbons (Fsp3) is 0.222. The number of carbonyl (C=O) groups is 2. The molecule has 2 aromatic carbocycles. The van der Waals surface area contributed by atoms with Crippen molar-refractivity contribution in [2.75, 3.05) is 4.90 Å². The normalized spacial score (nSPS) is 20.1. The molecule has 4 nitrogen and oxygen atoms in total. The molecule has 0 aliphatic carbocycles. The van der Waals surface area contributed by atoms with E-state index in [1.165, 1.54) is 0 Å². The lowest BCUT2D eigenvalue weighted by atomic mass is 9.96. The van der Waals surface area contributed by atoms with Gasteiger partial charge in [-0.3, -0.25) is 9.69 Å². The molecule has 0 bridgehead atoms. The van der Waals surface area contributed by atoms with Crippen LogP contribution in [0, 0.1) is 0 Å². The van der Waals surface area contributed by atoms with Crippen molar-refractivity contribution < 1.29 is 14.3 Å². The topological polar surface area (TPSA) is 46.6 Å². The van der Waals surface area contributed by atoms with Crippen molar-refractivity contribution in [1.29, 1.82) is 0 Å². The lowest BCUT2D eigenvalue weighted by Gasteiger charge is -2.36. The molecule has 2 atom stereocenters. The van der Waals surface area contributed by atoms with Gasteiger partial charge in [-0.15, -0.1) is 0 Å². The van der Waals surface area contributed by atoms with Crippen LogP contribution >= 0.6 is 22.6 Å². The number of hydrogen-bond donors (Lipinski definition) is 0. The Morgan fingerprint density at radius 1 is 1.13 bits per heavy atom. The number of rotatable bonds is 2. The summed E-state index contributed by atoms with van der Waals surface area (Å²) in [6.45, 7) is 2.08. The molecule has 3 rings (SSSR count). The van der Waals surface area contributed by atoms with Gasteiger partial charge in [-0.25, -0.2) is 4.79 Å². The number of carbonyl (C=O) groups excluding carboxylic acids is 2. The predicted octanol–water partition coefficient (Wildman–Crippen LogP) is 4.22. The van der Waals surface area contributed by atoms with Gasteiger partial charge in [0.25, 0.3) is 0 Å². The van der Waals surface area contributed by atoms with Gasteiger partial charge in [0.1, 0.15) is 6.61 Å². The number of ketones is 1. The summed E-state index contributed by atoms with van der Waals surface area (Å²) in [5, 5.41) is 0. The minimum absolute atomic E-state index is 0.0563. The molecule has 118 valence electrons. The van der Waals surface area contributed by atoms with Gasteiger partial charge >= 0.3 is 6.09 Å². The molecule has 0 radical (unpaired) electrons. The van der Waals surface area contributed by atoms with Crippen molar-refractivity contribution in [2.45, 2.75) is 23.5 Å². The van der Waals surface area contributed by atoms with Gasteiger partial charge in [0.05, 0.1) is 15.7 Å². The highest BCUT2D eigenvalue weighted by molar-refractivity contribution is 14.1. The summed E-state index contributed by atoms with van der Waals surface area (Å²) < 4.78 is 5.17. The first-order valence-corrected chi connectivity index (χ1v) is 8.61. The molecule has 0 N–H and O–H groups in total. The number of Topliss-reactive ketones (excluding diaryl/α,β-unsaturated/α-hetero) is 1. The molecule has 1 aliphatic heterocycles. The third kappa shape index (κ3) is 3.10. The molecule has 0 spiro atoms. The fourth-order valence-electron chi connectivity index (χ4n) is 2.66. The Bertz CT molecular complexity index is 732. The van der Waals surface area contributed by atoms with Crippen LogP contribution in [0.4, 0.5) is 10.5 Å². The van der Waals surface area contributed by atoms with Crippen molar-refractivity contribution >= 4 is 40.2 Å². The van der Waals surface area contributed by atoms with E-state index in [9.17, 15) is 9.59 Å². The third-order valence-electron chi connectivity index (χ3n) is 3.91. The molecule has 1 amide bonds. The Hall–Kier alpha value is -1.89. The molecule has 1 heterocycles. The monoisotopic (exact) mass is 421 g/mol. The zero-order valence-corrected chi connectivity index (χ0v) is 14.8. The van der Waals surface area contributed by atoms with Crippen LogP contribution in [0.25, 0.3) is 0 Å². The van der Waals surface area contributed by atoms with E-state index < -0.39 is 6.09 Å². The van der Waals surface area contributed by atoms with E-state index in [2.05, 4.69) is 22.6 Å². The summed E-state index contributed by atoms with van der Waals surface area (Å²) in [5.74, 6) is 0.0563. The standard InChI is InChI=1S/C18H16INO3/c1-12-16(19)17(21)14-9-5-6-10-15(14)20(12)18(22)23-11-13-7-3-2-4-8-13/h2-10,12,16H,11H2,1H3/t12-,16-/m1/s1. The second-order valence-corrected chi connectivity index (χ2v) is 6.78. The summed E-state index contributed by atoms with van der Waals surface area (Å²) in [4.78, 5) is 26.6. The number of fused-ring (bicyclic) bond motifs is 1. The predicted molar refractivity (Wildman–Crippen MR) is 97.1 cm³/mol. The van der Waals surface area contributed by atoms with Gasteiger partial charge < -0.3 is 4.74 Å². The van der Waals surface area contributed by atoms with Crippen molar-refractivity contribution in [3.8, 4) is 0 Å². The highest BCUT2D eigenvalue weighted by Gasteiger charge is 2.39. The smallest absolute Gasteiger partial charge is 0.414 e. The molecular weight excluding hydrogens is 405 g/mol. The molecule has 0 saturated carbocycles. The number of hydrogen-bond acceptors (Lipinski definition) is 3. The maximum absolute atomic E-state index is 12.6. The largest absolute Gasteiger partial charge is 0.444 e. The van der Waals surface area contributed by atoms with Crippen molar-refractivity contribution in [3.05, 3.63) is 65.7 Å². The first-order valence-electron chi connectivity index (χ1n) is 7.37. The van der Waals surface area contributed by atoms with Crippen LogP contribution < -0.4 is 4.90 Å². The van der Waals surface area contributed by atoms with E-state index in [-0.39, 0.29) is 22.4 Å². The molecule has 0 fully saturated rings.